The van der Waals surface area contributed by atoms with Crippen LogP contribution in [0.5, 0.6) is 17.2 Å². The number of hydrogen-bond acceptors (Lipinski definition) is 5. The Hall–Kier alpha value is -2.44. The fraction of sp³-hybridized carbons (Fsp3) is 0.458. The van der Waals surface area contributed by atoms with E-state index in [9.17, 15) is 4.79 Å². The van der Waals surface area contributed by atoms with E-state index in [0.717, 1.165) is 25.1 Å². The Morgan fingerprint density at radius 2 is 1.94 bits per heavy atom. The summed E-state index contributed by atoms with van der Waals surface area (Å²) in [6, 6.07) is 11.7. The van der Waals surface area contributed by atoms with Crippen LogP contribution in [0.4, 0.5) is 0 Å². The van der Waals surface area contributed by atoms with Gasteiger partial charge in [-0.05, 0) is 69.1 Å². The van der Waals surface area contributed by atoms with Crippen molar-refractivity contribution < 1.29 is 19.0 Å². The number of nitrogens with one attached hydrogen (secondary N) is 1. The lowest BCUT2D eigenvalue weighted by Gasteiger charge is -2.39. The lowest BCUT2D eigenvalue weighted by atomic mass is 9.85. The first-order chi connectivity index (χ1) is 15.0. The second-order valence-electron chi connectivity index (χ2n) is 7.73. The molecule has 6 nitrogen and oxygen atoms in total. The molecule has 2 aromatic carbocycles. The fourth-order valence-electron chi connectivity index (χ4n) is 4.26. The van der Waals surface area contributed by atoms with Gasteiger partial charge in [0, 0.05) is 18.2 Å². The van der Waals surface area contributed by atoms with Gasteiger partial charge in [0.25, 0.3) is 5.91 Å². The predicted octanol–water partition coefficient (Wildman–Crippen LogP) is 4.57. The summed E-state index contributed by atoms with van der Waals surface area (Å²) in [6.07, 6.45) is 2.15. The molecule has 0 aromatic heterocycles. The molecule has 1 heterocycles. The number of ether oxygens (including phenoxy) is 3. The summed E-state index contributed by atoms with van der Waals surface area (Å²) < 4.78 is 16.2. The molecule has 0 aliphatic carbocycles. The molecule has 2 aromatic rings. The first kappa shape index (κ1) is 23.2. The van der Waals surface area contributed by atoms with Crippen molar-refractivity contribution in [3.05, 3.63) is 52.5 Å². The molecule has 0 radical (unpaired) electrons. The van der Waals surface area contributed by atoms with Crippen LogP contribution < -0.4 is 19.5 Å². The molecule has 1 amide bonds. The highest BCUT2D eigenvalue weighted by molar-refractivity contribution is 6.32. The summed E-state index contributed by atoms with van der Waals surface area (Å²) in [7, 11) is 5.34. The van der Waals surface area contributed by atoms with Gasteiger partial charge < -0.3 is 19.5 Å². The van der Waals surface area contributed by atoms with Crippen LogP contribution in [0.2, 0.25) is 5.02 Å². The summed E-state index contributed by atoms with van der Waals surface area (Å²) in [6.45, 7) is 3.94. The molecular weight excluding hydrogens is 416 g/mol. The van der Waals surface area contributed by atoms with Gasteiger partial charge in [0.15, 0.2) is 11.5 Å². The summed E-state index contributed by atoms with van der Waals surface area (Å²) >= 11 is 6.33. The number of carbonyl (C=O) groups excluding carboxylic acids is 1. The predicted molar refractivity (Wildman–Crippen MR) is 123 cm³/mol. The van der Waals surface area contributed by atoms with Gasteiger partial charge in [-0.15, -0.1) is 0 Å². The van der Waals surface area contributed by atoms with Gasteiger partial charge in [0.2, 0.25) is 0 Å². The third-order valence-corrected chi connectivity index (χ3v) is 6.05. The maximum atomic E-state index is 12.9. The summed E-state index contributed by atoms with van der Waals surface area (Å²) in [5, 5.41) is 3.46. The zero-order valence-electron chi connectivity index (χ0n) is 18.6. The highest BCUT2D eigenvalue weighted by Gasteiger charge is 2.31. The van der Waals surface area contributed by atoms with E-state index in [1.807, 2.05) is 19.1 Å². The summed E-state index contributed by atoms with van der Waals surface area (Å²) in [4.78, 5) is 15.2. The highest BCUT2D eigenvalue weighted by atomic mass is 35.5. The number of likely N-dealkylation sites (tertiary alicyclic amines) is 1. The molecule has 168 valence electrons. The van der Waals surface area contributed by atoms with Gasteiger partial charge in [-0.1, -0.05) is 23.7 Å². The lowest BCUT2D eigenvalue weighted by molar-refractivity contribution is 0.0891. The lowest BCUT2D eigenvalue weighted by Crippen LogP contribution is -2.41. The summed E-state index contributed by atoms with van der Waals surface area (Å²) in [5.41, 5.74) is 1.68. The monoisotopic (exact) mass is 446 g/mol. The Labute approximate surface area is 189 Å². The standard InChI is InChI=1S/C24H31ClN2O4/c1-5-31-23-20(25)13-18(14-21(23)30-4)24(28)26-15-17-7-6-12-27(2)22(17)16-8-10-19(29-3)11-9-16/h8-11,13-14,17,22H,5-7,12,15H2,1-4H3,(H,26,28). The van der Waals surface area contributed by atoms with Crippen LogP contribution >= 0.6 is 11.6 Å². The number of piperidine rings is 1. The zero-order chi connectivity index (χ0) is 22.4. The maximum Gasteiger partial charge on any atom is 0.251 e. The second-order valence-corrected chi connectivity index (χ2v) is 8.14. The van der Waals surface area contributed by atoms with Gasteiger partial charge in [-0.2, -0.15) is 0 Å². The molecule has 1 aliphatic rings. The van der Waals surface area contributed by atoms with Crippen molar-refractivity contribution in [1.82, 2.24) is 10.2 Å². The number of nitrogens with zero attached hydrogens (tertiary/aromatic N) is 1. The van der Waals surface area contributed by atoms with Crippen LogP contribution in [-0.2, 0) is 0 Å². The van der Waals surface area contributed by atoms with E-state index in [0.29, 0.717) is 41.2 Å². The van der Waals surface area contributed by atoms with Gasteiger partial charge in [-0.3, -0.25) is 9.69 Å². The zero-order valence-corrected chi connectivity index (χ0v) is 19.4. The van der Waals surface area contributed by atoms with Crippen molar-refractivity contribution in [2.75, 3.05) is 41.0 Å². The molecular formula is C24H31ClN2O4. The van der Waals surface area contributed by atoms with Crippen molar-refractivity contribution in [1.29, 1.82) is 0 Å². The molecule has 1 N–H and O–H groups in total. The Morgan fingerprint density at radius 1 is 1.19 bits per heavy atom. The molecule has 2 unspecified atom stereocenters. The van der Waals surface area contributed by atoms with Crippen molar-refractivity contribution in [2.45, 2.75) is 25.8 Å². The number of carbonyl (C=O) groups is 1. The van der Waals surface area contributed by atoms with Gasteiger partial charge >= 0.3 is 0 Å². The molecule has 3 rings (SSSR count). The van der Waals surface area contributed by atoms with Gasteiger partial charge in [-0.25, -0.2) is 0 Å². The number of amides is 1. The minimum absolute atomic E-state index is 0.176. The maximum absolute atomic E-state index is 12.9. The number of methoxy groups -OCH3 is 2. The molecule has 0 bridgehead atoms. The minimum Gasteiger partial charge on any atom is -0.497 e. The molecule has 1 saturated heterocycles. The van der Waals surface area contributed by atoms with Crippen LogP contribution in [0.15, 0.2) is 36.4 Å². The smallest absolute Gasteiger partial charge is 0.251 e. The number of hydrogen-bond donors (Lipinski definition) is 1. The Morgan fingerprint density at radius 3 is 2.58 bits per heavy atom. The average molecular weight is 447 g/mol. The molecule has 1 aliphatic heterocycles. The van der Waals surface area contributed by atoms with Crippen LogP contribution in [0, 0.1) is 5.92 Å². The van der Waals surface area contributed by atoms with Crippen molar-refractivity contribution >= 4 is 17.5 Å². The first-order valence-electron chi connectivity index (χ1n) is 10.6. The fourth-order valence-corrected chi connectivity index (χ4v) is 4.53. The Balaban J connectivity index is 1.73. The Kier molecular flexibility index (Phi) is 8.04. The van der Waals surface area contributed by atoms with Crippen molar-refractivity contribution in [2.24, 2.45) is 5.92 Å². The van der Waals surface area contributed by atoms with Crippen LogP contribution in [0.3, 0.4) is 0 Å². The van der Waals surface area contributed by atoms with E-state index in [1.165, 1.54) is 12.7 Å². The largest absolute Gasteiger partial charge is 0.497 e. The first-order valence-corrected chi connectivity index (χ1v) is 11.0. The highest BCUT2D eigenvalue weighted by Crippen LogP contribution is 2.37. The number of halogens is 1. The molecule has 31 heavy (non-hydrogen) atoms. The molecule has 2 atom stereocenters. The van der Waals surface area contributed by atoms with Gasteiger partial charge in [0.05, 0.1) is 25.8 Å². The minimum atomic E-state index is -0.176. The second kappa shape index (κ2) is 10.7. The van der Waals surface area contributed by atoms with Crippen LogP contribution in [0.25, 0.3) is 0 Å². The molecule has 0 spiro atoms. The third kappa shape index (κ3) is 5.43. The number of rotatable bonds is 8. The van der Waals surface area contributed by atoms with E-state index in [2.05, 4.69) is 29.4 Å². The van der Waals surface area contributed by atoms with Gasteiger partial charge in [0.1, 0.15) is 5.75 Å². The van der Waals surface area contributed by atoms with E-state index >= 15 is 0 Å². The SMILES string of the molecule is CCOc1c(Cl)cc(C(=O)NCC2CCCN(C)C2c2ccc(OC)cc2)cc1OC. The van der Waals surface area contributed by atoms with E-state index in [1.54, 1.807) is 19.2 Å². The number of benzene rings is 2. The van der Waals surface area contributed by atoms with E-state index < -0.39 is 0 Å². The quantitative estimate of drug-likeness (QED) is 0.643. The van der Waals surface area contributed by atoms with Crippen LogP contribution in [-0.4, -0.2) is 51.8 Å². The molecule has 7 heteroatoms. The van der Waals surface area contributed by atoms with Crippen molar-refractivity contribution in [3.63, 3.8) is 0 Å². The summed E-state index contributed by atoms with van der Waals surface area (Å²) in [5.74, 6) is 1.87. The third-order valence-electron chi connectivity index (χ3n) is 5.77. The molecule has 0 saturated carbocycles. The Bertz CT molecular complexity index is 888. The average Bonchev–Trinajstić information content (AvgIpc) is 2.78. The van der Waals surface area contributed by atoms with Crippen LogP contribution in [0.1, 0.15) is 41.7 Å². The van der Waals surface area contributed by atoms with E-state index in [4.69, 9.17) is 25.8 Å². The van der Waals surface area contributed by atoms with E-state index in [-0.39, 0.29) is 11.9 Å². The topological polar surface area (TPSA) is 60.0 Å². The molecule has 1 fully saturated rings. The normalized spacial score (nSPS) is 19.0. The van der Waals surface area contributed by atoms with Crippen molar-refractivity contribution in [3.8, 4) is 17.2 Å².